The largest absolute Gasteiger partial charge is 0.490 e. The number of ether oxygens (including phenoxy) is 3. The lowest BCUT2D eigenvalue weighted by atomic mass is 10.1. The summed E-state index contributed by atoms with van der Waals surface area (Å²) in [5.41, 5.74) is 0.639. The van der Waals surface area contributed by atoms with Gasteiger partial charge in [-0.15, -0.1) is 0 Å². The van der Waals surface area contributed by atoms with Gasteiger partial charge >= 0.3 is 0 Å². The van der Waals surface area contributed by atoms with E-state index in [2.05, 4.69) is 0 Å². The summed E-state index contributed by atoms with van der Waals surface area (Å²) in [6.45, 7) is 6.50. The molecule has 0 bridgehead atoms. The van der Waals surface area contributed by atoms with E-state index in [0.717, 1.165) is 6.42 Å². The molecular formula is C16H21NO4. The van der Waals surface area contributed by atoms with E-state index in [1.54, 1.807) is 12.1 Å². The Morgan fingerprint density at radius 1 is 1.10 bits per heavy atom. The first kappa shape index (κ1) is 14.2. The molecule has 0 spiro atoms. The molecule has 1 saturated heterocycles. The zero-order valence-electron chi connectivity index (χ0n) is 12.5. The maximum atomic E-state index is 12.6. The Morgan fingerprint density at radius 2 is 1.76 bits per heavy atom. The third-order valence-electron chi connectivity index (χ3n) is 3.70. The SMILES string of the molecule is C[C@@H]1CN(C(=O)c2ccc3c(c2)OCCCO3)C[C@H](C)O1. The second-order valence-corrected chi connectivity index (χ2v) is 5.68. The van der Waals surface area contributed by atoms with Crippen LogP contribution in [0.25, 0.3) is 0 Å². The summed E-state index contributed by atoms with van der Waals surface area (Å²) in [4.78, 5) is 14.5. The first-order valence-corrected chi connectivity index (χ1v) is 7.48. The average molecular weight is 291 g/mol. The molecule has 1 amide bonds. The third kappa shape index (κ3) is 3.13. The first-order valence-electron chi connectivity index (χ1n) is 7.48. The van der Waals surface area contributed by atoms with E-state index in [0.29, 0.717) is 43.4 Å². The van der Waals surface area contributed by atoms with Gasteiger partial charge < -0.3 is 19.1 Å². The fraction of sp³-hybridized carbons (Fsp3) is 0.562. The molecule has 2 aliphatic heterocycles. The normalized spacial score (nSPS) is 25.3. The van der Waals surface area contributed by atoms with E-state index in [4.69, 9.17) is 14.2 Å². The maximum Gasteiger partial charge on any atom is 0.254 e. The van der Waals surface area contributed by atoms with Crippen LogP contribution >= 0.6 is 0 Å². The van der Waals surface area contributed by atoms with E-state index in [-0.39, 0.29) is 18.1 Å². The number of benzene rings is 1. The van der Waals surface area contributed by atoms with Crippen molar-refractivity contribution < 1.29 is 19.0 Å². The number of fused-ring (bicyclic) bond motifs is 1. The van der Waals surface area contributed by atoms with Gasteiger partial charge in [0, 0.05) is 25.1 Å². The summed E-state index contributed by atoms with van der Waals surface area (Å²) < 4.78 is 16.9. The summed E-state index contributed by atoms with van der Waals surface area (Å²) in [6.07, 6.45) is 0.993. The molecule has 2 atom stereocenters. The molecule has 0 unspecified atom stereocenters. The van der Waals surface area contributed by atoms with Crippen LogP contribution in [0.1, 0.15) is 30.6 Å². The van der Waals surface area contributed by atoms with Crippen LogP contribution < -0.4 is 9.47 Å². The Bertz CT molecular complexity index is 521. The zero-order valence-corrected chi connectivity index (χ0v) is 12.5. The Morgan fingerprint density at radius 3 is 2.48 bits per heavy atom. The molecule has 0 saturated carbocycles. The van der Waals surface area contributed by atoms with Crippen molar-refractivity contribution in [2.75, 3.05) is 26.3 Å². The molecule has 2 heterocycles. The molecular weight excluding hydrogens is 270 g/mol. The van der Waals surface area contributed by atoms with Gasteiger partial charge in [-0.05, 0) is 32.0 Å². The summed E-state index contributed by atoms with van der Waals surface area (Å²) in [7, 11) is 0. The molecule has 0 radical (unpaired) electrons. The first-order chi connectivity index (χ1) is 10.1. The van der Waals surface area contributed by atoms with Crippen LogP contribution in [0.2, 0.25) is 0 Å². The van der Waals surface area contributed by atoms with Gasteiger partial charge in [0.1, 0.15) is 0 Å². The van der Waals surface area contributed by atoms with Gasteiger partial charge in [0.25, 0.3) is 5.91 Å². The lowest BCUT2D eigenvalue weighted by Crippen LogP contribution is -2.48. The van der Waals surface area contributed by atoms with Crippen molar-refractivity contribution in [1.29, 1.82) is 0 Å². The number of hydrogen-bond acceptors (Lipinski definition) is 4. The van der Waals surface area contributed by atoms with Gasteiger partial charge in [-0.3, -0.25) is 4.79 Å². The minimum absolute atomic E-state index is 0.0210. The highest BCUT2D eigenvalue weighted by Crippen LogP contribution is 2.31. The van der Waals surface area contributed by atoms with Crippen molar-refractivity contribution in [1.82, 2.24) is 4.90 Å². The van der Waals surface area contributed by atoms with Crippen LogP contribution in [-0.4, -0.2) is 49.3 Å². The Balaban J connectivity index is 1.80. The lowest BCUT2D eigenvalue weighted by Gasteiger charge is -2.35. The Hall–Kier alpha value is -1.75. The quantitative estimate of drug-likeness (QED) is 0.795. The molecule has 1 aromatic carbocycles. The van der Waals surface area contributed by atoms with E-state index in [1.807, 2.05) is 24.8 Å². The summed E-state index contributed by atoms with van der Waals surface area (Å²) in [5.74, 6) is 1.40. The third-order valence-corrected chi connectivity index (χ3v) is 3.70. The van der Waals surface area contributed by atoms with Crippen LogP contribution in [-0.2, 0) is 4.74 Å². The Kier molecular flexibility index (Phi) is 4.01. The number of carbonyl (C=O) groups excluding carboxylic acids is 1. The molecule has 1 fully saturated rings. The van der Waals surface area contributed by atoms with Crippen LogP contribution in [0.15, 0.2) is 18.2 Å². The highest BCUT2D eigenvalue weighted by molar-refractivity contribution is 5.95. The van der Waals surface area contributed by atoms with Crippen molar-refractivity contribution in [3.63, 3.8) is 0 Å². The van der Waals surface area contributed by atoms with Gasteiger partial charge in [0.2, 0.25) is 0 Å². The van der Waals surface area contributed by atoms with Crippen LogP contribution in [0, 0.1) is 0 Å². The molecule has 2 aliphatic rings. The molecule has 5 nitrogen and oxygen atoms in total. The molecule has 1 aromatic rings. The minimum Gasteiger partial charge on any atom is -0.490 e. The molecule has 114 valence electrons. The number of carbonyl (C=O) groups is 1. The van der Waals surface area contributed by atoms with Crippen molar-refractivity contribution in [3.8, 4) is 11.5 Å². The molecule has 5 heteroatoms. The number of morpholine rings is 1. The van der Waals surface area contributed by atoms with Gasteiger partial charge in [0.05, 0.1) is 25.4 Å². The second kappa shape index (κ2) is 5.93. The number of hydrogen-bond donors (Lipinski definition) is 0. The van der Waals surface area contributed by atoms with Crippen molar-refractivity contribution in [3.05, 3.63) is 23.8 Å². The van der Waals surface area contributed by atoms with Crippen LogP contribution in [0.5, 0.6) is 11.5 Å². The summed E-state index contributed by atoms with van der Waals surface area (Å²) in [6, 6.07) is 5.41. The van der Waals surface area contributed by atoms with E-state index in [1.165, 1.54) is 0 Å². The predicted octanol–water partition coefficient (Wildman–Crippen LogP) is 2.10. The summed E-state index contributed by atoms with van der Waals surface area (Å²) >= 11 is 0. The van der Waals surface area contributed by atoms with Gasteiger partial charge in [-0.25, -0.2) is 0 Å². The maximum absolute atomic E-state index is 12.6. The molecule has 21 heavy (non-hydrogen) atoms. The Labute approximate surface area is 124 Å². The molecule has 0 aliphatic carbocycles. The number of rotatable bonds is 1. The topological polar surface area (TPSA) is 48.0 Å². The van der Waals surface area contributed by atoms with Crippen LogP contribution in [0.4, 0.5) is 0 Å². The van der Waals surface area contributed by atoms with Gasteiger partial charge in [-0.1, -0.05) is 0 Å². The van der Waals surface area contributed by atoms with Crippen LogP contribution in [0.3, 0.4) is 0 Å². The van der Waals surface area contributed by atoms with E-state index >= 15 is 0 Å². The monoisotopic (exact) mass is 291 g/mol. The lowest BCUT2D eigenvalue weighted by molar-refractivity contribution is -0.0586. The van der Waals surface area contributed by atoms with Gasteiger partial charge in [-0.2, -0.15) is 0 Å². The minimum atomic E-state index is 0.0210. The van der Waals surface area contributed by atoms with Gasteiger partial charge in [0.15, 0.2) is 11.5 Å². The fourth-order valence-electron chi connectivity index (χ4n) is 2.82. The van der Waals surface area contributed by atoms with E-state index < -0.39 is 0 Å². The van der Waals surface area contributed by atoms with Crippen molar-refractivity contribution in [2.45, 2.75) is 32.5 Å². The predicted molar refractivity (Wildman–Crippen MR) is 78.0 cm³/mol. The highest BCUT2D eigenvalue weighted by atomic mass is 16.5. The molecule has 3 rings (SSSR count). The highest BCUT2D eigenvalue weighted by Gasteiger charge is 2.27. The van der Waals surface area contributed by atoms with Crippen molar-refractivity contribution >= 4 is 5.91 Å². The smallest absolute Gasteiger partial charge is 0.254 e. The average Bonchev–Trinajstić information content (AvgIpc) is 2.69. The second-order valence-electron chi connectivity index (χ2n) is 5.68. The molecule has 0 aromatic heterocycles. The summed E-state index contributed by atoms with van der Waals surface area (Å²) in [5, 5.41) is 0. The molecule has 0 N–H and O–H groups in total. The standard InChI is InChI=1S/C16H21NO4/c1-11-9-17(10-12(2)21-11)16(18)13-4-5-14-15(8-13)20-7-3-6-19-14/h4-5,8,11-12H,3,6-7,9-10H2,1-2H3/t11-,12+. The van der Waals surface area contributed by atoms with Crippen molar-refractivity contribution in [2.24, 2.45) is 0 Å². The number of amides is 1. The number of nitrogens with zero attached hydrogens (tertiary/aromatic N) is 1. The fourth-order valence-corrected chi connectivity index (χ4v) is 2.82. The van der Waals surface area contributed by atoms with E-state index in [9.17, 15) is 4.79 Å². The zero-order chi connectivity index (χ0) is 14.8.